The molecule has 1 aliphatic heterocycles. The molecule has 1 fully saturated rings. The molecule has 1 aromatic carbocycles. The molecule has 0 aliphatic carbocycles. The zero-order valence-electron chi connectivity index (χ0n) is 13.3. The van der Waals surface area contributed by atoms with E-state index in [9.17, 15) is 13.2 Å². The van der Waals surface area contributed by atoms with Crippen molar-refractivity contribution < 1.29 is 18.0 Å². The molecular weight excluding hydrogens is 304 g/mol. The van der Waals surface area contributed by atoms with Crippen LogP contribution in [-0.2, 0) is 19.7 Å². The number of likely N-dealkylation sites (N-methyl/N-ethyl adjacent to an activating group) is 1. The van der Waals surface area contributed by atoms with Crippen LogP contribution >= 0.6 is 0 Å². The summed E-state index contributed by atoms with van der Waals surface area (Å²) >= 11 is 0. The van der Waals surface area contributed by atoms with E-state index in [4.69, 9.17) is 4.84 Å². The molecule has 1 aromatic rings. The normalized spacial score (nSPS) is 24.1. The molecule has 0 radical (unpaired) electrons. The molecule has 1 amide bonds. The van der Waals surface area contributed by atoms with Gasteiger partial charge >= 0.3 is 0 Å². The molecule has 122 valence electrons. The van der Waals surface area contributed by atoms with E-state index in [1.54, 1.807) is 24.3 Å². The van der Waals surface area contributed by atoms with Crippen LogP contribution < -0.4 is 0 Å². The topological polar surface area (TPSA) is 66.7 Å². The summed E-state index contributed by atoms with van der Waals surface area (Å²) in [5.74, 6) is -0.336. The third-order valence-electron chi connectivity index (χ3n) is 3.89. The molecule has 0 aromatic heterocycles. The van der Waals surface area contributed by atoms with E-state index in [1.165, 1.54) is 18.5 Å². The number of nitrogens with zero attached hydrogens (tertiary/aromatic N) is 2. The molecule has 0 saturated carbocycles. The van der Waals surface area contributed by atoms with Crippen molar-refractivity contribution in [3.63, 3.8) is 0 Å². The third kappa shape index (κ3) is 3.02. The maximum absolute atomic E-state index is 12.7. The molecule has 0 bridgehead atoms. The highest BCUT2D eigenvalue weighted by atomic mass is 32.2. The van der Waals surface area contributed by atoms with E-state index in [0.29, 0.717) is 6.42 Å². The van der Waals surface area contributed by atoms with Gasteiger partial charge in [-0.15, -0.1) is 0 Å². The second kappa shape index (κ2) is 6.36. The second-order valence-electron chi connectivity index (χ2n) is 5.47. The van der Waals surface area contributed by atoms with Gasteiger partial charge in [0, 0.05) is 7.05 Å². The molecule has 2 rings (SSSR count). The smallest absolute Gasteiger partial charge is 0.265 e. The van der Waals surface area contributed by atoms with Crippen LogP contribution in [0.1, 0.15) is 25.3 Å². The first kappa shape index (κ1) is 16.9. The van der Waals surface area contributed by atoms with Gasteiger partial charge in [-0.2, -0.15) is 4.31 Å². The van der Waals surface area contributed by atoms with Crippen molar-refractivity contribution in [1.82, 2.24) is 9.37 Å². The van der Waals surface area contributed by atoms with E-state index in [1.807, 2.05) is 13.8 Å². The van der Waals surface area contributed by atoms with Crippen LogP contribution in [0.2, 0.25) is 0 Å². The Labute approximate surface area is 131 Å². The summed E-state index contributed by atoms with van der Waals surface area (Å²) in [4.78, 5) is 17.4. The molecular formula is C15H22N2O4S. The van der Waals surface area contributed by atoms with Crippen LogP contribution in [0.15, 0.2) is 29.2 Å². The molecule has 1 unspecified atom stereocenters. The SMILES string of the molecule is CCC[C@@H]1[C@@H](C(=O)N(C)OC)N1S(=O)(=O)c1ccc(C)cc1. The summed E-state index contributed by atoms with van der Waals surface area (Å²) < 4.78 is 26.8. The average Bonchev–Trinajstić information content (AvgIpc) is 3.21. The van der Waals surface area contributed by atoms with Crippen molar-refractivity contribution in [2.75, 3.05) is 14.2 Å². The van der Waals surface area contributed by atoms with Crippen molar-refractivity contribution in [2.24, 2.45) is 0 Å². The number of carbonyl (C=O) groups excluding carboxylic acids is 1. The third-order valence-corrected chi connectivity index (χ3v) is 5.81. The Morgan fingerprint density at radius 2 is 1.91 bits per heavy atom. The number of carbonyl (C=O) groups is 1. The van der Waals surface area contributed by atoms with Gasteiger partial charge in [0.1, 0.15) is 6.04 Å². The van der Waals surface area contributed by atoms with Gasteiger partial charge in [-0.3, -0.25) is 9.63 Å². The Balaban J connectivity index is 2.29. The summed E-state index contributed by atoms with van der Waals surface area (Å²) in [5, 5.41) is 1.08. The van der Waals surface area contributed by atoms with Crippen LogP contribution in [0.5, 0.6) is 0 Å². The first-order valence-corrected chi connectivity index (χ1v) is 8.70. The molecule has 0 spiro atoms. The number of aryl methyl sites for hydroxylation is 1. The average molecular weight is 326 g/mol. The number of amides is 1. The molecule has 1 aliphatic rings. The lowest BCUT2D eigenvalue weighted by Gasteiger charge is -2.13. The summed E-state index contributed by atoms with van der Waals surface area (Å²) in [5.41, 5.74) is 0.988. The first-order chi connectivity index (χ1) is 10.3. The summed E-state index contributed by atoms with van der Waals surface area (Å²) in [6, 6.07) is 5.70. The summed E-state index contributed by atoms with van der Waals surface area (Å²) in [6.45, 7) is 3.87. The maximum atomic E-state index is 12.7. The van der Waals surface area contributed by atoms with Crippen molar-refractivity contribution in [3.8, 4) is 0 Å². The zero-order valence-corrected chi connectivity index (χ0v) is 14.1. The Hall–Kier alpha value is -1.44. The summed E-state index contributed by atoms with van der Waals surface area (Å²) in [6.07, 6.45) is 1.46. The molecule has 6 nitrogen and oxygen atoms in total. The number of sulfonamides is 1. The van der Waals surface area contributed by atoms with Crippen LogP contribution in [-0.4, -0.2) is 49.9 Å². The minimum atomic E-state index is -3.66. The number of benzene rings is 1. The molecule has 0 N–H and O–H groups in total. The van der Waals surface area contributed by atoms with Gasteiger partial charge in [0.15, 0.2) is 0 Å². The second-order valence-corrected chi connectivity index (χ2v) is 7.31. The van der Waals surface area contributed by atoms with Crippen molar-refractivity contribution in [1.29, 1.82) is 0 Å². The lowest BCUT2D eigenvalue weighted by atomic mass is 10.2. The zero-order chi connectivity index (χ0) is 16.5. The van der Waals surface area contributed by atoms with Crippen molar-refractivity contribution in [2.45, 2.75) is 43.7 Å². The fraction of sp³-hybridized carbons (Fsp3) is 0.533. The number of hydrogen-bond donors (Lipinski definition) is 0. The minimum Gasteiger partial charge on any atom is -0.275 e. The maximum Gasteiger partial charge on any atom is 0.265 e. The monoisotopic (exact) mass is 326 g/mol. The fourth-order valence-electron chi connectivity index (χ4n) is 2.55. The first-order valence-electron chi connectivity index (χ1n) is 7.26. The highest BCUT2D eigenvalue weighted by Gasteiger charge is 2.59. The standard InChI is InChI=1S/C15H22N2O4S/c1-5-6-13-14(15(18)16(3)21-4)17(13)22(19,20)12-9-7-11(2)8-10-12/h7-10,13-14H,5-6H2,1-4H3/t13-,14+,17?/m1/s1. The van der Waals surface area contributed by atoms with Gasteiger partial charge in [0.05, 0.1) is 18.0 Å². The Kier molecular flexibility index (Phi) is 4.89. The highest BCUT2D eigenvalue weighted by Crippen LogP contribution is 2.39. The predicted molar refractivity (Wildman–Crippen MR) is 82.5 cm³/mol. The Morgan fingerprint density at radius 3 is 2.41 bits per heavy atom. The van der Waals surface area contributed by atoms with Crippen molar-refractivity contribution >= 4 is 15.9 Å². The van der Waals surface area contributed by atoms with Gasteiger partial charge in [-0.1, -0.05) is 31.0 Å². The lowest BCUT2D eigenvalue weighted by molar-refractivity contribution is -0.168. The van der Waals surface area contributed by atoms with Crippen molar-refractivity contribution in [3.05, 3.63) is 29.8 Å². The lowest BCUT2D eigenvalue weighted by Crippen LogP contribution is -2.32. The van der Waals surface area contributed by atoms with Gasteiger partial charge in [0.2, 0.25) is 10.0 Å². The molecule has 1 heterocycles. The molecule has 7 heteroatoms. The molecule has 3 atom stereocenters. The van der Waals surface area contributed by atoms with Gasteiger partial charge in [-0.05, 0) is 25.5 Å². The quantitative estimate of drug-likeness (QED) is 0.588. The van der Waals surface area contributed by atoms with E-state index in [0.717, 1.165) is 17.0 Å². The van der Waals surface area contributed by atoms with Gasteiger partial charge in [-0.25, -0.2) is 13.5 Å². The van der Waals surface area contributed by atoms with Crippen LogP contribution in [0.25, 0.3) is 0 Å². The van der Waals surface area contributed by atoms with E-state index in [-0.39, 0.29) is 16.8 Å². The van der Waals surface area contributed by atoms with Crippen LogP contribution in [0.3, 0.4) is 0 Å². The van der Waals surface area contributed by atoms with Crippen LogP contribution in [0.4, 0.5) is 0 Å². The van der Waals surface area contributed by atoms with Gasteiger partial charge < -0.3 is 0 Å². The van der Waals surface area contributed by atoms with E-state index >= 15 is 0 Å². The number of hydrogen-bond acceptors (Lipinski definition) is 4. The highest BCUT2D eigenvalue weighted by molar-refractivity contribution is 7.89. The fourth-order valence-corrected chi connectivity index (χ4v) is 4.32. The van der Waals surface area contributed by atoms with Crippen LogP contribution in [0, 0.1) is 6.92 Å². The largest absolute Gasteiger partial charge is 0.275 e. The minimum absolute atomic E-state index is 0.217. The molecule has 1 saturated heterocycles. The van der Waals surface area contributed by atoms with E-state index in [2.05, 4.69) is 0 Å². The molecule has 22 heavy (non-hydrogen) atoms. The predicted octanol–water partition coefficient (Wildman–Crippen LogP) is 1.56. The number of hydroxylamine groups is 2. The summed E-state index contributed by atoms with van der Waals surface area (Å²) in [7, 11) is -0.790. The Morgan fingerprint density at radius 1 is 1.32 bits per heavy atom. The van der Waals surface area contributed by atoms with Gasteiger partial charge in [0.25, 0.3) is 5.91 Å². The Bertz CT molecular complexity index is 642. The van der Waals surface area contributed by atoms with E-state index < -0.39 is 16.1 Å². The number of rotatable bonds is 6.